The number of nitrogens with zero attached hydrogens (tertiary/aromatic N) is 5. The van der Waals surface area contributed by atoms with Gasteiger partial charge in [0, 0.05) is 11.6 Å². The summed E-state index contributed by atoms with van der Waals surface area (Å²) >= 11 is 0. The van der Waals surface area contributed by atoms with E-state index in [9.17, 15) is 5.26 Å². The average Bonchev–Trinajstić information content (AvgIpc) is 3.33. The Kier molecular flexibility index (Phi) is 2.86. The van der Waals surface area contributed by atoms with E-state index < -0.39 is 0 Å². The van der Waals surface area contributed by atoms with E-state index in [2.05, 4.69) is 32.2 Å². The molecule has 2 N–H and O–H groups in total. The molecule has 0 aliphatic heterocycles. The first kappa shape index (κ1) is 13.5. The van der Waals surface area contributed by atoms with Crippen LogP contribution in [-0.4, -0.2) is 29.9 Å². The standard InChI is InChI=1S/C17H17N7/c18-6-5-13(10-3-1-2-4-10)24-22-12-7-11-8-19-17-14(11)16(15(12)23-24)20-9-21-17/h7-10,13,22H,1-5H2,(H,19,20,21). The van der Waals surface area contributed by atoms with Crippen LogP contribution in [0.4, 0.5) is 0 Å². The van der Waals surface area contributed by atoms with Crippen molar-refractivity contribution in [3.05, 3.63) is 18.6 Å². The van der Waals surface area contributed by atoms with E-state index in [0.717, 1.165) is 33.0 Å². The number of benzene rings is 1. The molecule has 0 saturated heterocycles. The molecule has 3 aromatic heterocycles. The summed E-state index contributed by atoms with van der Waals surface area (Å²) in [5, 5.41) is 19.5. The van der Waals surface area contributed by atoms with E-state index in [1.54, 1.807) is 6.33 Å². The van der Waals surface area contributed by atoms with Gasteiger partial charge in [-0.05, 0) is 24.8 Å². The van der Waals surface area contributed by atoms with Crippen molar-refractivity contribution in [3.63, 3.8) is 0 Å². The Hall–Kier alpha value is -2.88. The van der Waals surface area contributed by atoms with Crippen molar-refractivity contribution < 1.29 is 0 Å². The molecule has 5 rings (SSSR count). The Bertz CT molecular complexity index is 1070. The summed E-state index contributed by atoms with van der Waals surface area (Å²) in [7, 11) is 0. The van der Waals surface area contributed by atoms with Crippen molar-refractivity contribution in [3.8, 4) is 6.07 Å². The van der Waals surface area contributed by atoms with Gasteiger partial charge < -0.3 is 4.98 Å². The molecule has 1 unspecified atom stereocenters. The number of nitriles is 1. The SMILES string of the molecule is N#CCC(C1CCCC1)n1nc2c(cc3cnc4nc[nH]c2c34)[nH]1. The number of hydrogen-bond donors (Lipinski definition) is 2. The minimum absolute atomic E-state index is 0.112. The van der Waals surface area contributed by atoms with Crippen LogP contribution in [0.3, 0.4) is 0 Å². The van der Waals surface area contributed by atoms with Gasteiger partial charge >= 0.3 is 0 Å². The fourth-order valence-electron chi connectivity index (χ4n) is 4.12. The van der Waals surface area contributed by atoms with Gasteiger partial charge in [0.1, 0.15) is 5.52 Å². The third-order valence-electron chi connectivity index (χ3n) is 5.28. The molecular weight excluding hydrogens is 302 g/mol. The molecule has 4 aromatic rings. The normalized spacial score (nSPS) is 17.1. The van der Waals surface area contributed by atoms with Gasteiger partial charge in [0.05, 0.1) is 41.3 Å². The molecular formula is C17H17N7. The zero-order chi connectivity index (χ0) is 16.1. The van der Waals surface area contributed by atoms with Crippen molar-refractivity contribution in [1.29, 1.82) is 5.26 Å². The molecule has 0 spiro atoms. The van der Waals surface area contributed by atoms with Gasteiger partial charge in [0.2, 0.25) is 0 Å². The number of aromatic nitrogens is 6. The molecule has 1 saturated carbocycles. The van der Waals surface area contributed by atoms with Crippen molar-refractivity contribution in [2.45, 2.75) is 38.1 Å². The van der Waals surface area contributed by atoms with E-state index in [0.29, 0.717) is 12.3 Å². The smallest absolute Gasteiger partial charge is 0.163 e. The van der Waals surface area contributed by atoms with Gasteiger partial charge in [-0.1, -0.05) is 12.8 Å². The lowest BCUT2D eigenvalue weighted by molar-refractivity contribution is 0.289. The maximum absolute atomic E-state index is 9.26. The number of hydrogen-bond acceptors (Lipinski definition) is 4. The fraction of sp³-hybridized carbons (Fsp3) is 0.412. The molecule has 1 aromatic carbocycles. The molecule has 1 fully saturated rings. The van der Waals surface area contributed by atoms with Gasteiger partial charge in [0.25, 0.3) is 0 Å². The molecule has 7 heteroatoms. The molecule has 24 heavy (non-hydrogen) atoms. The summed E-state index contributed by atoms with van der Waals surface area (Å²) in [4.78, 5) is 13.7. The summed E-state index contributed by atoms with van der Waals surface area (Å²) in [6.45, 7) is 0. The van der Waals surface area contributed by atoms with Crippen molar-refractivity contribution in [2.75, 3.05) is 0 Å². The Morgan fingerprint density at radius 3 is 3.04 bits per heavy atom. The van der Waals surface area contributed by atoms with Crippen molar-refractivity contribution in [1.82, 2.24) is 29.9 Å². The summed E-state index contributed by atoms with van der Waals surface area (Å²) in [5.74, 6) is 0.525. The summed E-state index contributed by atoms with van der Waals surface area (Å²) in [6, 6.07) is 4.51. The topological polar surface area (TPSA) is 99.0 Å². The lowest BCUT2D eigenvalue weighted by Crippen LogP contribution is -2.19. The average molecular weight is 319 g/mol. The molecule has 0 amide bonds. The summed E-state index contributed by atoms with van der Waals surface area (Å²) in [5.41, 5.74) is 3.52. The van der Waals surface area contributed by atoms with Crippen LogP contribution < -0.4 is 0 Å². The van der Waals surface area contributed by atoms with Gasteiger partial charge in [-0.2, -0.15) is 10.4 Å². The van der Waals surface area contributed by atoms with E-state index in [1.807, 2.05) is 11.0 Å². The zero-order valence-electron chi connectivity index (χ0n) is 13.2. The van der Waals surface area contributed by atoms with Gasteiger partial charge in [-0.15, -0.1) is 0 Å². The molecule has 1 aliphatic carbocycles. The van der Waals surface area contributed by atoms with Crippen LogP contribution in [0.1, 0.15) is 38.1 Å². The molecule has 0 bridgehead atoms. The minimum Gasteiger partial charge on any atom is -0.344 e. The molecule has 120 valence electrons. The van der Waals surface area contributed by atoms with E-state index in [4.69, 9.17) is 5.10 Å². The van der Waals surface area contributed by atoms with Crippen LogP contribution in [0.25, 0.3) is 33.0 Å². The molecule has 7 nitrogen and oxygen atoms in total. The molecule has 1 atom stereocenters. The number of nitrogens with one attached hydrogen (secondary N) is 2. The zero-order valence-corrected chi connectivity index (χ0v) is 13.2. The second kappa shape index (κ2) is 5.06. The van der Waals surface area contributed by atoms with Crippen LogP contribution in [0.5, 0.6) is 0 Å². The van der Waals surface area contributed by atoms with Gasteiger partial charge in [-0.25, -0.2) is 14.8 Å². The van der Waals surface area contributed by atoms with E-state index in [-0.39, 0.29) is 6.04 Å². The van der Waals surface area contributed by atoms with E-state index >= 15 is 0 Å². The minimum atomic E-state index is 0.112. The first-order valence-corrected chi connectivity index (χ1v) is 8.41. The summed E-state index contributed by atoms with van der Waals surface area (Å²) < 4.78 is 0. The predicted octanol–water partition coefficient (Wildman–Crippen LogP) is 3.43. The number of fused-ring (bicyclic) bond motifs is 2. The number of rotatable bonds is 3. The van der Waals surface area contributed by atoms with E-state index in [1.165, 1.54) is 25.7 Å². The lowest BCUT2D eigenvalue weighted by atomic mass is 9.96. The largest absolute Gasteiger partial charge is 0.344 e. The van der Waals surface area contributed by atoms with Gasteiger partial charge in [0.15, 0.2) is 5.65 Å². The number of aromatic amines is 2. The van der Waals surface area contributed by atoms with Crippen LogP contribution in [0.2, 0.25) is 0 Å². The Morgan fingerprint density at radius 2 is 2.21 bits per heavy atom. The van der Waals surface area contributed by atoms with Crippen molar-refractivity contribution >= 4 is 33.0 Å². The highest BCUT2D eigenvalue weighted by Gasteiger charge is 2.28. The van der Waals surface area contributed by atoms with Crippen LogP contribution >= 0.6 is 0 Å². The highest BCUT2D eigenvalue weighted by Crippen LogP contribution is 2.36. The second-order valence-electron chi connectivity index (χ2n) is 6.63. The number of H-pyrrole nitrogens is 2. The third-order valence-corrected chi connectivity index (χ3v) is 5.28. The highest BCUT2D eigenvalue weighted by atomic mass is 15.5. The first-order chi connectivity index (χ1) is 11.8. The van der Waals surface area contributed by atoms with Crippen LogP contribution in [0.15, 0.2) is 18.6 Å². The van der Waals surface area contributed by atoms with Crippen molar-refractivity contribution in [2.24, 2.45) is 5.92 Å². The maximum atomic E-state index is 9.26. The van der Waals surface area contributed by atoms with Gasteiger partial charge in [-0.3, -0.25) is 5.10 Å². The lowest BCUT2D eigenvalue weighted by Gasteiger charge is -2.20. The Balaban J connectivity index is 1.72. The highest BCUT2D eigenvalue weighted by molar-refractivity contribution is 6.16. The third kappa shape index (κ3) is 1.86. The molecule has 1 aliphatic rings. The Labute approximate surface area is 137 Å². The van der Waals surface area contributed by atoms with Crippen LogP contribution in [-0.2, 0) is 0 Å². The predicted molar refractivity (Wildman–Crippen MR) is 90.3 cm³/mol. The fourth-order valence-corrected chi connectivity index (χ4v) is 4.12. The summed E-state index contributed by atoms with van der Waals surface area (Å²) in [6.07, 6.45) is 8.83. The second-order valence-corrected chi connectivity index (χ2v) is 6.63. The van der Waals surface area contributed by atoms with Crippen LogP contribution in [0, 0.1) is 17.2 Å². The Morgan fingerprint density at radius 1 is 1.33 bits per heavy atom. The molecule has 3 heterocycles. The quantitative estimate of drug-likeness (QED) is 0.604. The maximum Gasteiger partial charge on any atom is 0.163 e. The first-order valence-electron chi connectivity index (χ1n) is 8.41. The molecule has 0 radical (unpaired) electrons. The monoisotopic (exact) mass is 319 g/mol.